The van der Waals surface area contributed by atoms with Gasteiger partial charge in [0.25, 0.3) is 0 Å². The predicted octanol–water partition coefficient (Wildman–Crippen LogP) is 7.87. The maximum absolute atomic E-state index is 12.0. The van der Waals surface area contributed by atoms with Crippen LogP contribution in [0.25, 0.3) is 0 Å². The monoisotopic (exact) mass is 435 g/mol. The predicted molar refractivity (Wildman–Crippen MR) is 131 cm³/mol. The highest BCUT2D eigenvalue weighted by Gasteiger charge is 2.60. The first-order valence-corrected chi connectivity index (χ1v) is 14.4. The standard InChI is InChI=1S/C25H43NOS.C2H6/c1-17(8-13-23(27)26-28-4)20-11-12-21-19-10-9-18-7-5-6-15-24(18,2)22(19)14-16-25(20,21)3;1-2/h17-22H,5-16H2,1-4H3,(H,26,27);1-2H3. The number of carbonyl (C=O) groups is 1. The van der Waals surface area contributed by atoms with Crippen LogP contribution in [0.2, 0.25) is 0 Å². The Kier molecular flexibility index (Phi) is 8.30. The van der Waals surface area contributed by atoms with Crippen molar-refractivity contribution in [3.8, 4) is 0 Å². The van der Waals surface area contributed by atoms with Crippen LogP contribution in [-0.4, -0.2) is 12.2 Å². The third-order valence-corrected chi connectivity index (χ3v) is 10.8. The maximum Gasteiger partial charge on any atom is 0.229 e. The fraction of sp³-hybridized carbons (Fsp3) is 0.963. The van der Waals surface area contributed by atoms with Crippen LogP contribution in [0.15, 0.2) is 0 Å². The summed E-state index contributed by atoms with van der Waals surface area (Å²) in [5.74, 6) is 5.71. The zero-order valence-electron chi connectivity index (χ0n) is 20.8. The minimum Gasteiger partial charge on any atom is -0.300 e. The lowest BCUT2D eigenvalue weighted by molar-refractivity contribution is -0.120. The molecule has 2 nitrogen and oxygen atoms in total. The molecular weight excluding hydrogens is 386 g/mol. The molecule has 30 heavy (non-hydrogen) atoms. The van der Waals surface area contributed by atoms with E-state index < -0.39 is 0 Å². The van der Waals surface area contributed by atoms with Crippen molar-refractivity contribution >= 4 is 17.9 Å². The summed E-state index contributed by atoms with van der Waals surface area (Å²) < 4.78 is 2.90. The Bertz CT molecular complexity index is 579. The normalized spacial score (nSPS) is 43.3. The van der Waals surface area contributed by atoms with E-state index in [1.165, 1.54) is 76.2 Å². The summed E-state index contributed by atoms with van der Waals surface area (Å²) in [5, 5.41) is 0. The van der Waals surface area contributed by atoms with Crippen molar-refractivity contribution in [3.63, 3.8) is 0 Å². The van der Waals surface area contributed by atoms with E-state index in [-0.39, 0.29) is 5.91 Å². The van der Waals surface area contributed by atoms with Gasteiger partial charge >= 0.3 is 0 Å². The van der Waals surface area contributed by atoms with Crippen LogP contribution in [0.5, 0.6) is 0 Å². The first-order chi connectivity index (χ1) is 14.4. The molecule has 8 atom stereocenters. The van der Waals surface area contributed by atoms with Gasteiger partial charge in [0.2, 0.25) is 5.91 Å². The van der Waals surface area contributed by atoms with Crippen LogP contribution in [0.4, 0.5) is 0 Å². The van der Waals surface area contributed by atoms with E-state index in [0.717, 1.165) is 36.0 Å². The Balaban J connectivity index is 0.00000124. The first kappa shape index (κ1) is 24.5. The molecule has 0 aromatic heterocycles. The van der Waals surface area contributed by atoms with E-state index in [1.807, 2.05) is 20.1 Å². The number of hydrogen-bond acceptors (Lipinski definition) is 2. The van der Waals surface area contributed by atoms with Crippen LogP contribution in [0.1, 0.15) is 112 Å². The van der Waals surface area contributed by atoms with Gasteiger partial charge in [0.1, 0.15) is 0 Å². The van der Waals surface area contributed by atoms with Gasteiger partial charge in [-0.1, -0.05) is 59.4 Å². The zero-order chi connectivity index (χ0) is 21.9. The largest absolute Gasteiger partial charge is 0.300 e. The molecule has 0 aliphatic heterocycles. The van der Waals surface area contributed by atoms with E-state index in [9.17, 15) is 4.79 Å². The molecular formula is C27H49NOS. The topological polar surface area (TPSA) is 29.1 Å². The molecule has 3 heteroatoms. The van der Waals surface area contributed by atoms with E-state index in [0.29, 0.717) is 23.2 Å². The quantitative estimate of drug-likeness (QED) is 0.445. The molecule has 0 spiro atoms. The average Bonchev–Trinajstić information content (AvgIpc) is 3.10. The van der Waals surface area contributed by atoms with Gasteiger partial charge in [-0.3, -0.25) is 4.79 Å². The van der Waals surface area contributed by atoms with Gasteiger partial charge in [0, 0.05) is 12.7 Å². The molecule has 0 aromatic rings. The van der Waals surface area contributed by atoms with Crippen LogP contribution in [-0.2, 0) is 4.79 Å². The summed E-state index contributed by atoms with van der Waals surface area (Å²) in [6, 6.07) is 0. The number of hydrogen-bond donors (Lipinski definition) is 1. The second kappa shape index (κ2) is 10.2. The van der Waals surface area contributed by atoms with Gasteiger partial charge in [-0.05, 0) is 104 Å². The molecule has 4 aliphatic carbocycles. The van der Waals surface area contributed by atoms with Crippen molar-refractivity contribution in [2.75, 3.05) is 6.26 Å². The molecule has 1 amide bonds. The van der Waals surface area contributed by atoms with Crippen molar-refractivity contribution in [2.24, 2.45) is 46.3 Å². The summed E-state index contributed by atoms with van der Waals surface area (Å²) >= 11 is 1.43. The number of carbonyl (C=O) groups excluding carboxylic acids is 1. The van der Waals surface area contributed by atoms with Crippen LogP contribution < -0.4 is 4.72 Å². The second-order valence-corrected chi connectivity index (χ2v) is 12.0. The summed E-state index contributed by atoms with van der Waals surface area (Å²) in [5.41, 5.74) is 1.19. The van der Waals surface area contributed by atoms with Crippen molar-refractivity contribution in [1.82, 2.24) is 4.72 Å². The maximum atomic E-state index is 12.0. The molecule has 0 radical (unpaired) electrons. The average molecular weight is 436 g/mol. The molecule has 174 valence electrons. The smallest absolute Gasteiger partial charge is 0.229 e. The lowest BCUT2D eigenvalue weighted by atomic mass is 9.44. The van der Waals surface area contributed by atoms with E-state index in [4.69, 9.17) is 0 Å². The number of amides is 1. The van der Waals surface area contributed by atoms with Gasteiger partial charge in [-0.2, -0.15) is 0 Å². The fourth-order valence-electron chi connectivity index (χ4n) is 9.00. The summed E-state index contributed by atoms with van der Waals surface area (Å²) in [4.78, 5) is 12.0. The van der Waals surface area contributed by atoms with E-state index in [1.54, 1.807) is 0 Å². The summed E-state index contributed by atoms with van der Waals surface area (Å²) in [6.07, 6.45) is 18.5. The fourth-order valence-corrected chi connectivity index (χ4v) is 9.33. The molecule has 4 fully saturated rings. The highest BCUT2D eigenvalue weighted by Crippen LogP contribution is 2.68. The molecule has 4 saturated carbocycles. The molecule has 1 N–H and O–H groups in total. The molecule has 8 unspecified atom stereocenters. The number of rotatable bonds is 5. The van der Waals surface area contributed by atoms with E-state index >= 15 is 0 Å². The Morgan fingerprint density at radius 3 is 2.43 bits per heavy atom. The third-order valence-electron chi connectivity index (χ3n) is 10.4. The van der Waals surface area contributed by atoms with Crippen molar-refractivity contribution in [3.05, 3.63) is 0 Å². The van der Waals surface area contributed by atoms with E-state index in [2.05, 4.69) is 25.5 Å². The highest BCUT2D eigenvalue weighted by atomic mass is 32.2. The van der Waals surface area contributed by atoms with Crippen LogP contribution in [0, 0.1) is 46.3 Å². The molecule has 0 saturated heterocycles. The molecule has 0 aromatic carbocycles. The first-order valence-electron chi connectivity index (χ1n) is 13.2. The van der Waals surface area contributed by atoms with Crippen LogP contribution in [0.3, 0.4) is 0 Å². The molecule has 0 bridgehead atoms. The second-order valence-electron chi connectivity index (χ2n) is 11.4. The molecule has 4 rings (SSSR count). The van der Waals surface area contributed by atoms with Gasteiger partial charge in [-0.25, -0.2) is 0 Å². The summed E-state index contributed by atoms with van der Waals surface area (Å²) in [7, 11) is 0. The van der Waals surface area contributed by atoms with Crippen LogP contribution >= 0.6 is 11.9 Å². The summed E-state index contributed by atoms with van der Waals surface area (Å²) in [6.45, 7) is 11.8. The Labute approximate surface area is 191 Å². The molecule has 0 heterocycles. The Morgan fingerprint density at radius 2 is 1.70 bits per heavy atom. The zero-order valence-corrected chi connectivity index (χ0v) is 21.6. The lowest BCUT2D eigenvalue weighted by Crippen LogP contribution is -2.53. The third kappa shape index (κ3) is 4.35. The van der Waals surface area contributed by atoms with Crippen molar-refractivity contribution in [2.45, 2.75) is 112 Å². The van der Waals surface area contributed by atoms with Gasteiger partial charge in [-0.15, -0.1) is 0 Å². The van der Waals surface area contributed by atoms with Gasteiger partial charge in [0.15, 0.2) is 0 Å². The minimum atomic E-state index is 0.214. The Hall–Kier alpha value is -0.180. The Morgan fingerprint density at radius 1 is 0.967 bits per heavy atom. The minimum absolute atomic E-state index is 0.214. The number of fused-ring (bicyclic) bond motifs is 5. The lowest BCUT2D eigenvalue weighted by Gasteiger charge is -2.61. The van der Waals surface area contributed by atoms with Crippen molar-refractivity contribution in [1.29, 1.82) is 0 Å². The molecule has 4 aliphatic rings. The SMILES string of the molecule is CC.CSNC(=O)CCC(C)C1CCC2C3CCC4CCCCC4(C)C3CCC12C. The van der Waals surface area contributed by atoms with Gasteiger partial charge in [0.05, 0.1) is 0 Å². The van der Waals surface area contributed by atoms with Gasteiger partial charge < -0.3 is 4.72 Å². The van der Waals surface area contributed by atoms with Crippen molar-refractivity contribution < 1.29 is 4.79 Å². The number of nitrogens with one attached hydrogen (secondary N) is 1. The highest BCUT2D eigenvalue weighted by molar-refractivity contribution is 7.97.